The van der Waals surface area contributed by atoms with E-state index in [0.717, 1.165) is 49.1 Å². The Labute approximate surface area is 294 Å². The number of rotatable bonds is 11. The summed E-state index contributed by atoms with van der Waals surface area (Å²) in [6.07, 6.45) is 25.2. The van der Waals surface area contributed by atoms with Gasteiger partial charge in [0.05, 0.1) is 11.2 Å². The topological polar surface area (TPSA) is 60.6 Å². The minimum Gasteiger partial charge on any atom is -0.320 e. The lowest BCUT2D eigenvalue weighted by Crippen LogP contribution is -2.27. The highest BCUT2D eigenvalue weighted by atomic mass is 35.5. The van der Waals surface area contributed by atoms with Crippen molar-refractivity contribution in [3.05, 3.63) is 111 Å². The lowest BCUT2D eigenvalue weighted by atomic mass is 9.75. The van der Waals surface area contributed by atoms with E-state index in [1.54, 1.807) is 0 Å². The highest BCUT2D eigenvalue weighted by Crippen LogP contribution is 2.49. The van der Waals surface area contributed by atoms with Crippen LogP contribution < -0.4 is 4.90 Å². The zero-order valence-electron chi connectivity index (χ0n) is 29.9. The third-order valence-corrected chi connectivity index (χ3v) is 11.8. The number of anilines is 1. The van der Waals surface area contributed by atoms with Crippen LogP contribution in [0, 0.1) is 18.3 Å². The molecule has 1 N–H and O–H groups in total. The van der Waals surface area contributed by atoms with Crippen molar-refractivity contribution >= 4 is 33.1 Å². The van der Waals surface area contributed by atoms with E-state index in [1.807, 2.05) is 0 Å². The van der Waals surface area contributed by atoms with Crippen LogP contribution in [0.15, 0.2) is 100 Å². The van der Waals surface area contributed by atoms with Gasteiger partial charge in [-0.2, -0.15) is 13.0 Å². The largest absolute Gasteiger partial charge is 0.320 e. The molecule has 0 spiro atoms. The number of hydrogen-bond acceptors (Lipinski definition) is 3. The molecule has 0 amide bonds. The molecule has 48 heavy (non-hydrogen) atoms. The number of halogens is 1. The summed E-state index contributed by atoms with van der Waals surface area (Å²) in [5.41, 5.74) is 11.0. The number of hydrogen-bond donors (Lipinski definition) is 1. The molecule has 1 aromatic carbocycles. The minimum absolute atomic E-state index is 0.143. The Kier molecular flexibility index (Phi) is 11.0. The second-order valence-corrected chi connectivity index (χ2v) is 17.0. The van der Waals surface area contributed by atoms with Gasteiger partial charge in [-0.05, 0) is 94.1 Å². The van der Waals surface area contributed by atoms with Crippen LogP contribution in [0.4, 0.5) is 5.69 Å². The SMILES string of the molecule is CCCC=CN1C(=CC=C2CCCC(C=CC3=[N+](CCCCS(=O)(=O)O)C4=C(CC(C)C=C4)C3(C)C)=C2Cl)C(C)(C)c2cc(C)ccc21. The first-order chi connectivity index (χ1) is 22.6. The molecule has 5 nitrogen and oxygen atoms in total. The molecule has 1 unspecified atom stereocenters. The van der Waals surface area contributed by atoms with Crippen LogP contribution in [-0.4, -0.2) is 35.6 Å². The highest BCUT2D eigenvalue weighted by Gasteiger charge is 2.46. The zero-order chi connectivity index (χ0) is 34.9. The molecule has 0 bridgehead atoms. The molecule has 0 saturated heterocycles. The molecule has 7 heteroatoms. The molecule has 5 rings (SSSR count). The van der Waals surface area contributed by atoms with Crippen molar-refractivity contribution in [3.63, 3.8) is 0 Å². The molecule has 4 aliphatic rings. The Balaban J connectivity index is 1.47. The van der Waals surface area contributed by atoms with Gasteiger partial charge in [-0.1, -0.05) is 87.7 Å². The summed E-state index contributed by atoms with van der Waals surface area (Å²) in [5, 5.41) is 0.842. The molecule has 2 aliphatic carbocycles. The Bertz CT molecular complexity index is 1800. The maximum absolute atomic E-state index is 11.4. The first-order valence-corrected chi connectivity index (χ1v) is 19.7. The van der Waals surface area contributed by atoms with Crippen LogP contribution in [0.2, 0.25) is 0 Å². The molecule has 0 aromatic heterocycles. The fraction of sp³-hybridized carbons (Fsp3) is 0.488. The summed E-state index contributed by atoms with van der Waals surface area (Å²) in [6, 6.07) is 6.77. The van der Waals surface area contributed by atoms with E-state index < -0.39 is 10.1 Å². The Morgan fingerprint density at radius 3 is 2.58 bits per heavy atom. The Hall–Kier alpha value is -2.93. The molecule has 1 aromatic rings. The van der Waals surface area contributed by atoms with Crippen molar-refractivity contribution < 1.29 is 17.5 Å². The fourth-order valence-corrected chi connectivity index (χ4v) is 8.57. The smallest absolute Gasteiger partial charge is 0.264 e. The first kappa shape index (κ1) is 36.4. The molecule has 0 saturated carbocycles. The van der Waals surface area contributed by atoms with Crippen LogP contribution in [0.1, 0.15) is 104 Å². The summed E-state index contributed by atoms with van der Waals surface area (Å²) in [4.78, 5) is 2.36. The Morgan fingerprint density at radius 1 is 1.08 bits per heavy atom. The van der Waals surface area contributed by atoms with E-state index in [4.69, 9.17) is 11.6 Å². The van der Waals surface area contributed by atoms with Gasteiger partial charge in [-0.15, -0.1) is 0 Å². The molecule has 0 radical (unpaired) electrons. The van der Waals surface area contributed by atoms with E-state index in [0.29, 0.717) is 25.3 Å². The average molecular weight is 690 g/mol. The number of allylic oxidation sites excluding steroid dienone is 12. The standard InChI is InChI=1S/C41H53ClN2O3S/c1-8-9-10-24-43-35-20-16-29(2)27-33(35)40(4,5)37(43)22-18-31-14-13-15-32(39(31)42)19-23-38-41(6,7)34-28-30(3)17-21-36(34)44(38)25-11-12-26-48(45,46)47/h10,16-24,27,30H,8-9,11-15,25-26,28H2,1-7H3/p+1. The van der Waals surface area contributed by atoms with E-state index in [2.05, 4.69) is 125 Å². The van der Waals surface area contributed by atoms with Gasteiger partial charge in [0.25, 0.3) is 10.1 Å². The lowest BCUT2D eigenvalue weighted by Gasteiger charge is -2.25. The van der Waals surface area contributed by atoms with Gasteiger partial charge in [-0.25, -0.2) is 0 Å². The average Bonchev–Trinajstić information content (AvgIpc) is 3.35. The molecular formula is C41H54ClN2O3S+. The van der Waals surface area contributed by atoms with Crippen LogP contribution in [0.3, 0.4) is 0 Å². The summed E-state index contributed by atoms with van der Waals surface area (Å²) < 4.78 is 34.3. The molecule has 1 atom stereocenters. The van der Waals surface area contributed by atoms with Gasteiger partial charge in [0.15, 0.2) is 5.71 Å². The third kappa shape index (κ3) is 7.61. The molecule has 0 fully saturated rings. The molecule has 258 valence electrons. The van der Waals surface area contributed by atoms with Crippen molar-refractivity contribution in [1.82, 2.24) is 0 Å². The van der Waals surface area contributed by atoms with Gasteiger partial charge in [0.2, 0.25) is 5.70 Å². The summed E-state index contributed by atoms with van der Waals surface area (Å²) in [7, 11) is -3.97. The van der Waals surface area contributed by atoms with Crippen molar-refractivity contribution in [2.75, 3.05) is 17.2 Å². The fourth-order valence-electron chi connectivity index (χ4n) is 7.69. The molecule has 2 heterocycles. The predicted molar refractivity (Wildman–Crippen MR) is 202 cm³/mol. The second kappa shape index (κ2) is 14.5. The summed E-state index contributed by atoms with van der Waals surface area (Å²) >= 11 is 7.21. The van der Waals surface area contributed by atoms with Crippen LogP contribution >= 0.6 is 11.6 Å². The maximum atomic E-state index is 11.4. The van der Waals surface area contributed by atoms with Gasteiger partial charge >= 0.3 is 0 Å². The highest BCUT2D eigenvalue weighted by molar-refractivity contribution is 7.85. The van der Waals surface area contributed by atoms with E-state index in [1.165, 1.54) is 45.1 Å². The number of nitrogens with zero attached hydrogens (tertiary/aromatic N) is 2. The van der Waals surface area contributed by atoms with Crippen LogP contribution in [0.5, 0.6) is 0 Å². The van der Waals surface area contributed by atoms with Gasteiger partial charge < -0.3 is 4.90 Å². The van der Waals surface area contributed by atoms with E-state index in [9.17, 15) is 13.0 Å². The van der Waals surface area contributed by atoms with Gasteiger partial charge in [-0.3, -0.25) is 4.55 Å². The summed E-state index contributed by atoms with van der Waals surface area (Å²) in [6.45, 7) is 16.5. The molecule has 2 aliphatic heterocycles. The quantitative estimate of drug-likeness (QED) is 0.143. The first-order valence-electron chi connectivity index (χ1n) is 17.7. The monoisotopic (exact) mass is 689 g/mol. The predicted octanol–water partition coefficient (Wildman–Crippen LogP) is 10.5. The number of aryl methyl sites for hydroxylation is 1. The second-order valence-electron chi connectivity index (χ2n) is 15.0. The number of benzene rings is 1. The lowest BCUT2D eigenvalue weighted by molar-refractivity contribution is -0.470. The van der Waals surface area contributed by atoms with Crippen LogP contribution in [-0.2, 0) is 15.5 Å². The number of fused-ring (bicyclic) bond motifs is 1. The molecular weight excluding hydrogens is 636 g/mol. The van der Waals surface area contributed by atoms with Gasteiger partial charge in [0, 0.05) is 52.2 Å². The van der Waals surface area contributed by atoms with Crippen LogP contribution in [0.25, 0.3) is 0 Å². The van der Waals surface area contributed by atoms with Crippen molar-refractivity contribution in [1.29, 1.82) is 0 Å². The third-order valence-electron chi connectivity index (χ3n) is 10.5. The zero-order valence-corrected chi connectivity index (χ0v) is 31.5. The van der Waals surface area contributed by atoms with Crippen molar-refractivity contribution in [2.45, 2.75) is 105 Å². The number of unbranched alkanes of at least 4 members (excludes halogenated alkanes) is 2. The normalized spacial score (nSPS) is 23.9. The van der Waals surface area contributed by atoms with Gasteiger partial charge in [0.1, 0.15) is 6.54 Å². The Morgan fingerprint density at radius 2 is 1.85 bits per heavy atom. The van der Waals surface area contributed by atoms with E-state index in [-0.39, 0.29) is 16.6 Å². The van der Waals surface area contributed by atoms with E-state index >= 15 is 0 Å². The van der Waals surface area contributed by atoms with Crippen molar-refractivity contribution in [2.24, 2.45) is 11.3 Å². The maximum Gasteiger partial charge on any atom is 0.264 e. The minimum atomic E-state index is -3.97. The summed E-state index contributed by atoms with van der Waals surface area (Å²) in [5.74, 6) is 0.266. The van der Waals surface area contributed by atoms with Crippen molar-refractivity contribution in [3.8, 4) is 0 Å².